The van der Waals surface area contributed by atoms with E-state index in [2.05, 4.69) is 19.9 Å². The molecular formula is C25H26N2O4. The summed E-state index contributed by atoms with van der Waals surface area (Å²) in [6, 6.07) is 17.2. The first-order chi connectivity index (χ1) is 14.8. The molecule has 1 heterocycles. The lowest BCUT2D eigenvalue weighted by molar-refractivity contribution is -0.139. The van der Waals surface area contributed by atoms with Crippen LogP contribution in [0.4, 0.5) is 0 Å². The minimum atomic E-state index is -0.669. The maximum absolute atomic E-state index is 12.6. The molecule has 0 radical (unpaired) electrons. The van der Waals surface area contributed by atoms with Gasteiger partial charge in [-0.05, 0) is 55.2 Å². The van der Waals surface area contributed by atoms with Gasteiger partial charge in [-0.15, -0.1) is 0 Å². The molecule has 0 amide bonds. The van der Waals surface area contributed by atoms with Crippen LogP contribution < -0.4 is 10.5 Å². The van der Waals surface area contributed by atoms with Crippen LogP contribution in [-0.4, -0.2) is 12.6 Å². The molecule has 3 rings (SSSR count). The molecule has 6 nitrogen and oxygen atoms in total. The second kappa shape index (κ2) is 9.40. The first-order valence-electron chi connectivity index (χ1n) is 10.2. The summed E-state index contributed by atoms with van der Waals surface area (Å²) in [6.07, 6.45) is 0. The van der Waals surface area contributed by atoms with E-state index < -0.39 is 11.9 Å². The third-order valence-corrected chi connectivity index (χ3v) is 5.10. The van der Waals surface area contributed by atoms with E-state index in [0.29, 0.717) is 23.0 Å². The van der Waals surface area contributed by atoms with Gasteiger partial charge in [-0.1, -0.05) is 38.1 Å². The van der Waals surface area contributed by atoms with Crippen LogP contribution in [0, 0.1) is 11.3 Å². The Bertz CT molecular complexity index is 1060. The highest BCUT2D eigenvalue weighted by Crippen LogP contribution is 2.40. The van der Waals surface area contributed by atoms with E-state index in [-0.39, 0.29) is 23.6 Å². The number of carbonyl (C=O) groups is 1. The van der Waals surface area contributed by atoms with Crippen LogP contribution in [0.25, 0.3) is 0 Å². The number of hydrogen-bond donors (Lipinski definition) is 1. The second-order valence-electron chi connectivity index (χ2n) is 7.51. The first kappa shape index (κ1) is 22.0. The number of ether oxygens (including phenoxy) is 3. The van der Waals surface area contributed by atoms with Crippen molar-refractivity contribution in [1.29, 1.82) is 5.26 Å². The third kappa shape index (κ3) is 4.72. The van der Waals surface area contributed by atoms with E-state index >= 15 is 0 Å². The molecule has 6 heteroatoms. The van der Waals surface area contributed by atoms with E-state index in [1.165, 1.54) is 5.56 Å². The Morgan fingerprint density at radius 1 is 1.13 bits per heavy atom. The summed E-state index contributed by atoms with van der Waals surface area (Å²) in [5.41, 5.74) is 8.33. The number of rotatable bonds is 6. The summed E-state index contributed by atoms with van der Waals surface area (Å²) in [7, 11) is 0. The zero-order valence-corrected chi connectivity index (χ0v) is 18.1. The van der Waals surface area contributed by atoms with Crippen molar-refractivity contribution < 1.29 is 19.0 Å². The molecule has 0 bridgehead atoms. The van der Waals surface area contributed by atoms with Crippen molar-refractivity contribution in [1.82, 2.24) is 0 Å². The smallest absolute Gasteiger partial charge is 0.338 e. The van der Waals surface area contributed by atoms with Gasteiger partial charge >= 0.3 is 5.97 Å². The van der Waals surface area contributed by atoms with Crippen molar-refractivity contribution in [2.75, 3.05) is 6.61 Å². The van der Waals surface area contributed by atoms with E-state index in [4.69, 9.17) is 19.9 Å². The average Bonchev–Trinajstić information content (AvgIpc) is 2.74. The number of esters is 1. The molecule has 0 spiro atoms. The number of hydrogen-bond acceptors (Lipinski definition) is 6. The van der Waals surface area contributed by atoms with Gasteiger partial charge in [-0.3, -0.25) is 0 Å². The Balaban J connectivity index is 1.90. The Kier molecular flexibility index (Phi) is 6.66. The van der Waals surface area contributed by atoms with Gasteiger partial charge in [0.1, 0.15) is 28.9 Å². The summed E-state index contributed by atoms with van der Waals surface area (Å²) in [4.78, 5) is 12.6. The van der Waals surface area contributed by atoms with Gasteiger partial charge < -0.3 is 19.9 Å². The van der Waals surface area contributed by atoms with Crippen molar-refractivity contribution in [3.63, 3.8) is 0 Å². The SMILES string of the molecule is CCOC(=O)C1=C(C)OC(N)=C(C#N)C1c1ccc(Oc2ccc(C(C)C)cc2)cc1. The van der Waals surface area contributed by atoms with E-state index in [0.717, 1.165) is 5.75 Å². The van der Waals surface area contributed by atoms with Gasteiger partial charge in [0.2, 0.25) is 5.88 Å². The van der Waals surface area contributed by atoms with Gasteiger partial charge in [0.25, 0.3) is 0 Å². The van der Waals surface area contributed by atoms with Gasteiger partial charge in [0.15, 0.2) is 0 Å². The summed E-state index contributed by atoms with van der Waals surface area (Å²) >= 11 is 0. The van der Waals surface area contributed by atoms with Crippen molar-refractivity contribution in [3.8, 4) is 17.6 Å². The highest BCUT2D eigenvalue weighted by Gasteiger charge is 2.36. The fourth-order valence-corrected chi connectivity index (χ4v) is 3.47. The minimum Gasteiger partial charge on any atom is -0.463 e. The molecule has 2 aromatic carbocycles. The minimum absolute atomic E-state index is 0.0105. The normalized spacial score (nSPS) is 16.1. The lowest BCUT2D eigenvalue weighted by Crippen LogP contribution is -2.25. The molecule has 0 saturated heterocycles. The third-order valence-electron chi connectivity index (χ3n) is 5.10. The standard InChI is InChI=1S/C25H26N2O4/c1-5-29-25(28)22-16(4)30-24(27)21(14-26)23(22)18-8-12-20(13-9-18)31-19-10-6-17(7-11-19)15(2)3/h6-13,15,23H,5,27H2,1-4H3. The van der Waals surface area contributed by atoms with Crippen LogP contribution in [0.2, 0.25) is 0 Å². The fourth-order valence-electron chi connectivity index (χ4n) is 3.47. The predicted molar refractivity (Wildman–Crippen MR) is 117 cm³/mol. The summed E-state index contributed by atoms with van der Waals surface area (Å²) in [6.45, 7) is 7.86. The van der Waals surface area contributed by atoms with Gasteiger partial charge in [0.05, 0.1) is 18.1 Å². The molecule has 1 aliphatic rings. The molecule has 160 valence electrons. The molecule has 0 aromatic heterocycles. The number of nitrogens with zero attached hydrogens (tertiary/aromatic N) is 1. The van der Waals surface area contributed by atoms with Gasteiger partial charge in [-0.2, -0.15) is 5.26 Å². The average molecular weight is 418 g/mol. The monoisotopic (exact) mass is 418 g/mol. The molecule has 0 saturated carbocycles. The summed E-state index contributed by atoms with van der Waals surface area (Å²) in [5.74, 6) is 0.935. The van der Waals surface area contributed by atoms with E-state index in [1.807, 2.05) is 36.4 Å². The van der Waals surface area contributed by atoms with Crippen LogP contribution in [0.5, 0.6) is 11.5 Å². The van der Waals surface area contributed by atoms with E-state index in [1.54, 1.807) is 26.0 Å². The number of nitrogens with two attached hydrogens (primary N) is 1. The lowest BCUT2D eigenvalue weighted by Gasteiger charge is -2.26. The van der Waals surface area contributed by atoms with Gasteiger partial charge in [0, 0.05) is 0 Å². The molecule has 2 N–H and O–H groups in total. The Hall–Kier alpha value is -3.72. The van der Waals surface area contributed by atoms with Crippen LogP contribution in [-0.2, 0) is 14.3 Å². The number of carbonyl (C=O) groups excluding carboxylic acids is 1. The van der Waals surface area contributed by atoms with Crippen LogP contribution in [0.1, 0.15) is 50.7 Å². The molecule has 0 fully saturated rings. The number of benzene rings is 2. The molecule has 1 aliphatic heterocycles. The zero-order chi connectivity index (χ0) is 22.5. The van der Waals surface area contributed by atoms with Crippen molar-refractivity contribution in [3.05, 3.63) is 82.4 Å². The summed E-state index contributed by atoms with van der Waals surface area (Å²) < 4.78 is 16.6. The van der Waals surface area contributed by atoms with Crippen molar-refractivity contribution >= 4 is 5.97 Å². The highest BCUT2D eigenvalue weighted by molar-refractivity contribution is 5.92. The summed E-state index contributed by atoms with van der Waals surface area (Å²) in [5, 5.41) is 9.65. The molecule has 0 aliphatic carbocycles. The number of allylic oxidation sites excluding steroid dienone is 2. The highest BCUT2D eigenvalue weighted by atomic mass is 16.5. The second-order valence-corrected chi connectivity index (χ2v) is 7.51. The predicted octanol–water partition coefficient (Wildman–Crippen LogP) is 5.25. The Morgan fingerprint density at radius 3 is 2.23 bits per heavy atom. The van der Waals surface area contributed by atoms with Crippen LogP contribution >= 0.6 is 0 Å². The van der Waals surface area contributed by atoms with E-state index in [9.17, 15) is 10.1 Å². The topological polar surface area (TPSA) is 94.6 Å². The number of nitriles is 1. The first-order valence-corrected chi connectivity index (χ1v) is 10.2. The molecule has 1 unspecified atom stereocenters. The lowest BCUT2D eigenvalue weighted by atomic mass is 9.83. The molecule has 2 aromatic rings. The maximum atomic E-state index is 12.6. The zero-order valence-electron chi connectivity index (χ0n) is 18.1. The largest absolute Gasteiger partial charge is 0.463 e. The fraction of sp³-hybridized carbons (Fsp3) is 0.280. The molecular weight excluding hydrogens is 392 g/mol. The van der Waals surface area contributed by atoms with Crippen molar-refractivity contribution in [2.45, 2.75) is 39.5 Å². The Labute approximate surface area is 182 Å². The quantitative estimate of drug-likeness (QED) is 0.644. The van der Waals surface area contributed by atoms with Crippen LogP contribution in [0.15, 0.2) is 71.3 Å². The molecule has 1 atom stereocenters. The maximum Gasteiger partial charge on any atom is 0.338 e. The van der Waals surface area contributed by atoms with Gasteiger partial charge in [-0.25, -0.2) is 4.79 Å². The van der Waals surface area contributed by atoms with Crippen molar-refractivity contribution in [2.24, 2.45) is 5.73 Å². The Morgan fingerprint density at radius 2 is 1.71 bits per heavy atom. The van der Waals surface area contributed by atoms with Crippen LogP contribution in [0.3, 0.4) is 0 Å². The molecule has 31 heavy (non-hydrogen) atoms.